The average Bonchev–Trinajstić information content (AvgIpc) is 3.00. The maximum atomic E-state index is 14.4. The van der Waals surface area contributed by atoms with Crippen LogP contribution in [0, 0.1) is 5.82 Å². The minimum absolute atomic E-state index is 0.0978. The maximum absolute atomic E-state index is 14.4. The molecule has 0 saturated carbocycles. The summed E-state index contributed by atoms with van der Waals surface area (Å²) in [5.41, 5.74) is 5.95. The van der Waals surface area contributed by atoms with Crippen LogP contribution in [0.4, 0.5) is 4.39 Å². The number of nitrogens with two attached hydrogens (primary N) is 1. The van der Waals surface area contributed by atoms with Crippen LogP contribution >= 0.6 is 11.3 Å². The molecule has 0 unspecified atom stereocenters. The third-order valence-electron chi connectivity index (χ3n) is 3.75. The third-order valence-corrected chi connectivity index (χ3v) is 4.93. The van der Waals surface area contributed by atoms with Crippen LogP contribution in [-0.4, -0.2) is 18.5 Å². The van der Waals surface area contributed by atoms with Crippen LogP contribution in [0.15, 0.2) is 42.5 Å². The van der Waals surface area contributed by atoms with E-state index in [0.717, 1.165) is 11.3 Å². The van der Waals surface area contributed by atoms with E-state index < -0.39 is 17.7 Å². The van der Waals surface area contributed by atoms with Crippen molar-refractivity contribution in [3.05, 3.63) is 64.3 Å². The molecule has 0 atom stereocenters. The van der Waals surface area contributed by atoms with Gasteiger partial charge in [0, 0.05) is 15.6 Å². The van der Waals surface area contributed by atoms with Gasteiger partial charge in [-0.25, -0.2) is 9.18 Å². The van der Waals surface area contributed by atoms with Gasteiger partial charge in [0.2, 0.25) is 0 Å². The monoisotopic (exact) mass is 373 g/mol. The van der Waals surface area contributed by atoms with Crippen molar-refractivity contribution in [1.82, 2.24) is 0 Å². The van der Waals surface area contributed by atoms with Gasteiger partial charge in [0.05, 0.1) is 12.2 Å². The minimum atomic E-state index is -0.632. The lowest BCUT2D eigenvalue weighted by Gasteiger charge is -2.10. The quantitative estimate of drug-likeness (QED) is 0.665. The largest absolute Gasteiger partial charge is 0.488 e. The predicted octanol–water partition coefficient (Wildman–Crippen LogP) is 3.90. The second-order valence-electron chi connectivity index (χ2n) is 5.39. The van der Waals surface area contributed by atoms with Crippen molar-refractivity contribution in [3.8, 4) is 5.75 Å². The topological polar surface area (TPSA) is 78.6 Å². The number of hydrogen-bond donors (Lipinski definition) is 1. The number of esters is 1. The molecule has 7 heteroatoms. The fourth-order valence-corrected chi connectivity index (χ4v) is 3.73. The maximum Gasteiger partial charge on any atom is 0.348 e. The number of benzene rings is 2. The highest BCUT2D eigenvalue weighted by Gasteiger charge is 2.22. The molecular weight excluding hydrogens is 357 g/mol. The number of rotatable bonds is 6. The van der Waals surface area contributed by atoms with Gasteiger partial charge in [-0.2, -0.15) is 0 Å². The molecule has 0 aliphatic carbocycles. The number of carbonyl (C=O) groups excluding carboxylic acids is 2. The summed E-state index contributed by atoms with van der Waals surface area (Å²) >= 11 is 1.15. The Kier molecular flexibility index (Phi) is 5.18. The van der Waals surface area contributed by atoms with E-state index in [1.165, 1.54) is 12.1 Å². The van der Waals surface area contributed by atoms with Crippen molar-refractivity contribution in [2.45, 2.75) is 13.5 Å². The van der Waals surface area contributed by atoms with Crippen LogP contribution in [0.5, 0.6) is 5.75 Å². The molecule has 1 amide bonds. The Labute approximate surface area is 153 Å². The van der Waals surface area contributed by atoms with Crippen LogP contribution in [0.25, 0.3) is 10.1 Å². The van der Waals surface area contributed by atoms with Crippen molar-refractivity contribution in [3.63, 3.8) is 0 Å². The highest BCUT2D eigenvalue weighted by Crippen LogP contribution is 2.35. The normalized spacial score (nSPS) is 10.7. The molecule has 5 nitrogen and oxygen atoms in total. The van der Waals surface area contributed by atoms with Crippen molar-refractivity contribution in [2.24, 2.45) is 5.73 Å². The molecule has 3 rings (SSSR count). The number of halogens is 1. The van der Waals surface area contributed by atoms with Gasteiger partial charge in [-0.05, 0) is 31.2 Å². The molecule has 0 bridgehead atoms. The Bertz CT molecular complexity index is 983. The predicted molar refractivity (Wildman–Crippen MR) is 97.0 cm³/mol. The third kappa shape index (κ3) is 3.39. The second kappa shape index (κ2) is 7.53. The van der Waals surface area contributed by atoms with Crippen molar-refractivity contribution >= 4 is 33.3 Å². The smallest absolute Gasteiger partial charge is 0.348 e. The Morgan fingerprint density at radius 1 is 1.15 bits per heavy atom. The van der Waals surface area contributed by atoms with E-state index in [0.29, 0.717) is 15.6 Å². The molecule has 0 fully saturated rings. The Morgan fingerprint density at radius 2 is 1.92 bits per heavy atom. The number of hydrogen-bond acceptors (Lipinski definition) is 5. The number of primary amides is 1. The van der Waals surface area contributed by atoms with Gasteiger partial charge in [0.15, 0.2) is 0 Å². The van der Waals surface area contributed by atoms with E-state index in [-0.39, 0.29) is 29.4 Å². The van der Waals surface area contributed by atoms with Gasteiger partial charge in [-0.15, -0.1) is 11.3 Å². The van der Waals surface area contributed by atoms with Gasteiger partial charge in [0.1, 0.15) is 23.1 Å². The SMILES string of the molecule is CCOC(=O)c1sc2cccc(F)c2c1COc1ccccc1C(N)=O. The molecule has 2 aromatic carbocycles. The van der Waals surface area contributed by atoms with Crippen molar-refractivity contribution in [2.75, 3.05) is 6.61 Å². The number of amides is 1. The molecule has 0 aliphatic rings. The number of fused-ring (bicyclic) bond motifs is 1. The van der Waals surface area contributed by atoms with E-state index in [1.807, 2.05) is 0 Å². The lowest BCUT2D eigenvalue weighted by molar-refractivity contribution is 0.0529. The number of para-hydroxylation sites is 1. The van der Waals surface area contributed by atoms with Gasteiger partial charge >= 0.3 is 5.97 Å². The summed E-state index contributed by atoms with van der Waals surface area (Å²) < 4.78 is 25.8. The minimum Gasteiger partial charge on any atom is -0.488 e. The molecular formula is C19H16FNO4S. The first kappa shape index (κ1) is 17.9. The fraction of sp³-hybridized carbons (Fsp3) is 0.158. The highest BCUT2D eigenvalue weighted by molar-refractivity contribution is 7.21. The summed E-state index contributed by atoms with van der Waals surface area (Å²) in [6, 6.07) is 11.1. The highest BCUT2D eigenvalue weighted by atomic mass is 32.1. The molecule has 1 aromatic heterocycles. The summed E-state index contributed by atoms with van der Waals surface area (Å²) in [5.74, 6) is -1.34. The first-order chi connectivity index (χ1) is 12.5. The summed E-state index contributed by atoms with van der Waals surface area (Å²) in [4.78, 5) is 24.1. The molecule has 0 aliphatic heterocycles. The van der Waals surface area contributed by atoms with Crippen molar-refractivity contribution in [1.29, 1.82) is 0 Å². The molecule has 26 heavy (non-hydrogen) atoms. The molecule has 2 N–H and O–H groups in total. The zero-order valence-electron chi connectivity index (χ0n) is 14.0. The van der Waals surface area contributed by atoms with Gasteiger partial charge in [-0.1, -0.05) is 18.2 Å². The lowest BCUT2D eigenvalue weighted by Crippen LogP contribution is -2.13. The lowest BCUT2D eigenvalue weighted by atomic mass is 10.1. The van der Waals surface area contributed by atoms with Crippen LogP contribution in [0.2, 0.25) is 0 Å². The number of thiophene rings is 1. The molecule has 3 aromatic rings. The molecule has 1 heterocycles. The average molecular weight is 373 g/mol. The first-order valence-electron chi connectivity index (χ1n) is 7.91. The number of carbonyl (C=O) groups is 2. The van der Waals surface area contributed by atoms with Crippen LogP contribution < -0.4 is 10.5 Å². The molecule has 0 saturated heterocycles. The summed E-state index contributed by atoms with van der Waals surface area (Å²) in [6.07, 6.45) is 0. The Morgan fingerprint density at radius 3 is 2.65 bits per heavy atom. The second-order valence-corrected chi connectivity index (χ2v) is 6.44. The first-order valence-corrected chi connectivity index (χ1v) is 8.73. The van der Waals surface area contributed by atoms with Crippen molar-refractivity contribution < 1.29 is 23.5 Å². The summed E-state index contributed by atoms with van der Waals surface area (Å²) in [7, 11) is 0. The summed E-state index contributed by atoms with van der Waals surface area (Å²) in [6.45, 7) is 1.81. The number of ether oxygens (including phenoxy) is 2. The Balaban J connectivity index is 2.02. The van der Waals surface area contributed by atoms with Crippen LogP contribution in [-0.2, 0) is 11.3 Å². The summed E-state index contributed by atoms with van der Waals surface area (Å²) in [5, 5.41) is 0.317. The van der Waals surface area contributed by atoms with E-state index in [2.05, 4.69) is 0 Å². The molecule has 0 radical (unpaired) electrons. The van der Waals surface area contributed by atoms with Crippen LogP contribution in [0.3, 0.4) is 0 Å². The standard InChI is InChI=1S/C19H16FNO4S/c1-2-24-19(23)17-12(16-13(20)7-5-9-15(16)26-17)10-25-14-8-4-3-6-11(14)18(21)22/h3-9H,2,10H2,1H3,(H2,21,22). The fourth-order valence-electron chi connectivity index (χ4n) is 2.61. The molecule has 134 valence electrons. The van der Waals surface area contributed by atoms with E-state index >= 15 is 0 Å². The van der Waals surface area contributed by atoms with Gasteiger partial charge in [-0.3, -0.25) is 4.79 Å². The van der Waals surface area contributed by atoms with E-state index in [1.54, 1.807) is 37.3 Å². The van der Waals surface area contributed by atoms with Crippen LogP contribution in [0.1, 0.15) is 32.5 Å². The Hall–Kier alpha value is -2.93. The zero-order valence-corrected chi connectivity index (χ0v) is 14.8. The van der Waals surface area contributed by atoms with Gasteiger partial charge in [0.25, 0.3) is 5.91 Å². The zero-order chi connectivity index (χ0) is 18.7. The van der Waals surface area contributed by atoms with E-state index in [4.69, 9.17) is 15.2 Å². The van der Waals surface area contributed by atoms with E-state index in [9.17, 15) is 14.0 Å². The molecule has 0 spiro atoms. The van der Waals surface area contributed by atoms with Gasteiger partial charge < -0.3 is 15.2 Å².